The monoisotopic (exact) mass is 343 g/mol. The fraction of sp³-hybridized carbons (Fsp3) is 0. The molecule has 4 rings (SSSR count). The highest BCUT2D eigenvalue weighted by molar-refractivity contribution is 6.12. The van der Waals surface area contributed by atoms with E-state index < -0.39 is 5.97 Å². The first-order valence-electron chi connectivity index (χ1n) is 8.13. The maximum atomic E-state index is 13.0. The van der Waals surface area contributed by atoms with Crippen LogP contribution in [0.1, 0.15) is 11.1 Å². The SMILES string of the molecule is O=C1OC(c2ccc(-c3ccccc3)cc2)=N/C1=C\c1ccc(F)cc1. The van der Waals surface area contributed by atoms with Gasteiger partial charge in [-0.2, -0.15) is 0 Å². The van der Waals surface area contributed by atoms with E-state index in [2.05, 4.69) is 4.99 Å². The molecule has 3 aromatic carbocycles. The van der Waals surface area contributed by atoms with Gasteiger partial charge in [-0.05, 0) is 47.0 Å². The van der Waals surface area contributed by atoms with Crippen LogP contribution in [0.3, 0.4) is 0 Å². The standard InChI is InChI=1S/C22H14FNO2/c23-19-12-6-15(7-13-19)14-20-22(25)26-21(24-20)18-10-8-17(9-11-18)16-4-2-1-3-5-16/h1-14H/b20-14-. The summed E-state index contributed by atoms with van der Waals surface area (Å²) in [6.07, 6.45) is 1.58. The minimum Gasteiger partial charge on any atom is -0.402 e. The zero-order valence-corrected chi connectivity index (χ0v) is 13.7. The van der Waals surface area contributed by atoms with Crippen LogP contribution in [0, 0.1) is 5.82 Å². The molecule has 126 valence electrons. The lowest BCUT2D eigenvalue weighted by Gasteiger charge is -2.03. The van der Waals surface area contributed by atoms with Crippen molar-refractivity contribution in [3.05, 3.63) is 102 Å². The summed E-state index contributed by atoms with van der Waals surface area (Å²) in [7, 11) is 0. The Morgan fingerprint density at radius 2 is 1.38 bits per heavy atom. The average molecular weight is 343 g/mol. The van der Waals surface area contributed by atoms with Gasteiger partial charge >= 0.3 is 5.97 Å². The Morgan fingerprint density at radius 3 is 2.08 bits per heavy atom. The summed E-state index contributed by atoms with van der Waals surface area (Å²) < 4.78 is 18.2. The van der Waals surface area contributed by atoms with Gasteiger partial charge in [0, 0.05) is 5.56 Å². The zero-order valence-electron chi connectivity index (χ0n) is 13.7. The van der Waals surface area contributed by atoms with Gasteiger partial charge in [0.05, 0.1) is 0 Å². The first-order chi connectivity index (χ1) is 12.7. The molecule has 3 nitrogen and oxygen atoms in total. The van der Waals surface area contributed by atoms with Gasteiger partial charge < -0.3 is 4.74 Å². The van der Waals surface area contributed by atoms with Crippen molar-refractivity contribution >= 4 is 17.9 Å². The lowest BCUT2D eigenvalue weighted by atomic mass is 10.0. The number of cyclic esters (lactones) is 1. The van der Waals surface area contributed by atoms with E-state index in [-0.39, 0.29) is 17.4 Å². The highest BCUT2D eigenvalue weighted by atomic mass is 19.1. The second-order valence-corrected chi connectivity index (χ2v) is 5.83. The summed E-state index contributed by atoms with van der Waals surface area (Å²) in [4.78, 5) is 16.3. The van der Waals surface area contributed by atoms with E-state index in [0.717, 1.165) is 16.7 Å². The number of aliphatic imine (C=N–C) groups is 1. The topological polar surface area (TPSA) is 38.7 Å². The van der Waals surface area contributed by atoms with E-state index >= 15 is 0 Å². The summed E-state index contributed by atoms with van der Waals surface area (Å²) in [5.74, 6) is -0.580. The highest BCUT2D eigenvalue weighted by Crippen LogP contribution is 2.23. The van der Waals surface area contributed by atoms with Crippen LogP contribution in [-0.2, 0) is 9.53 Å². The zero-order chi connectivity index (χ0) is 17.9. The lowest BCUT2D eigenvalue weighted by Crippen LogP contribution is -2.05. The Labute approximate surface area is 150 Å². The average Bonchev–Trinajstić information content (AvgIpc) is 3.05. The molecule has 1 aliphatic rings. The molecule has 1 aliphatic heterocycles. The lowest BCUT2D eigenvalue weighted by molar-refractivity contribution is -0.129. The van der Waals surface area contributed by atoms with Crippen LogP contribution in [-0.4, -0.2) is 11.9 Å². The second kappa shape index (κ2) is 6.76. The smallest absolute Gasteiger partial charge is 0.363 e. The van der Waals surface area contributed by atoms with Crippen LogP contribution in [0.2, 0.25) is 0 Å². The molecular formula is C22H14FNO2. The third-order valence-electron chi connectivity index (χ3n) is 4.03. The van der Waals surface area contributed by atoms with Crippen molar-refractivity contribution in [3.8, 4) is 11.1 Å². The predicted octanol–water partition coefficient (Wildman–Crippen LogP) is 4.84. The molecule has 0 aliphatic carbocycles. The van der Waals surface area contributed by atoms with E-state index in [1.165, 1.54) is 12.1 Å². The van der Waals surface area contributed by atoms with Crippen LogP contribution < -0.4 is 0 Å². The third-order valence-corrected chi connectivity index (χ3v) is 4.03. The molecule has 0 amide bonds. The minimum atomic E-state index is -0.517. The predicted molar refractivity (Wildman–Crippen MR) is 98.9 cm³/mol. The van der Waals surface area contributed by atoms with Gasteiger partial charge in [0.1, 0.15) is 5.82 Å². The normalized spacial score (nSPS) is 15.0. The number of hydrogen-bond donors (Lipinski definition) is 0. The van der Waals surface area contributed by atoms with E-state index in [1.54, 1.807) is 18.2 Å². The summed E-state index contributed by atoms with van der Waals surface area (Å²) in [5.41, 5.74) is 3.78. The quantitative estimate of drug-likeness (QED) is 0.504. The Kier molecular flexibility index (Phi) is 4.15. The van der Waals surface area contributed by atoms with Gasteiger partial charge in [-0.15, -0.1) is 0 Å². The van der Waals surface area contributed by atoms with Gasteiger partial charge in [-0.3, -0.25) is 0 Å². The largest absolute Gasteiger partial charge is 0.402 e. The van der Waals surface area contributed by atoms with Crippen molar-refractivity contribution in [1.29, 1.82) is 0 Å². The number of halogens is 1. The summed E-state index contributed by atoms with van der Waals surface area (Å²) in [6.45, 7) is 0. The summed E-state index contributed by atoms with van der Waals surface area (Å²) in [5, 5.41) is 0. The summed E-state index contributed by atoms with van der Waals surface area (Å²) >= 11 is 0. The molecular weight excluding hydrogens is 329 g/mol. The van der Waals surface area contributed by atoms with Gasteiger partial charge in [0.2, 0.25) is 5.90 Å². The first kappa shape index (κ1) is 16.0. The molecule has 0 unspecified atom stereocenters. The van der Waals surface area contributed by atoms with Crippen LogP contribution >= 0.6 is 0 Å². The van der Waals surface area contributed by atoms with Crippen molar-refractivity contribution in [2.75, 3.05) is 0 Å². The van der Waals surface area contributed by atoms with Gasteiger partial charge in [-0.25, -0.2) is 14.2 Å². The molecule has 0 aromatic heterocycles. The second-order valence-electron chi connectivity index (χ2n) is 5.83. The molecule has 0 N–H and O–H groups in total. The number of rotatable bonds is 3. The molecule has 4 heteroatoms. The number of carbonyl (C=O) groups excluding carboxylic acids is 1. The number of carbonyl (C=O) groups is 1. The van der Waals surface area contributed by atoms with E-state index in [1.807, 2.05) is 54.6 Å². The molecule has 0 saturated carbocycles. The van der Waals surface area contributed by atoms with Crippen molar-refractivity contribution in [3.63, 3.8) is 0 Å². The molecule has 0 bridgehead atoms. The van der Waals surface area contributed by atoms with Crippen LogP contribution in [0.25, 0.3) is 17.2 Å². The molecule has 0 spiro atoms. The highest BCUT2D eigenvalue weighted by Gasteiger charge is 2.24. The molecule has 0 atom stereocenters. The Balaban J connectivity index is 1.60. The van der Waals surface area contributed by atoms with Gasteiger partial charge in [-0.1, -0.05) is 54.6 Å². The fourth-order valence-electron chi connectivity index (χ4n) is 2.69. The molecule has 0 fully saturated rings. The van der Waals surface area contributed by atoms with Crippen molar-refractivity contribution in [1.82, 2.24) is 0 Å². The number of nitrogens with zero attached hydrogens (tertiary/aromatic N) is 1. The molecule has 3 aromatic rings. The van der Waals surface area contributed by atoms with Gasteiger partial charge in [0.25, 0.3) is 0 Å². The molecule has 0 saturated heterocycles. The Morgan fingerprint density at radius 1 is 0.769 bits per heavy atom. The number of hydrogen-bond acceptors (Lipinski definition) is 3. The third kappa shape index (κ3) is 3.30. The maximum absolute atomic E-state index is 13.0. The van der Waals surface area contributed by atoms with E-state index in [9.17, 15) is 9.18 Å². The van der Waals surface area contributed by atoms with Gasteiger partial charge in [0.15, 0.2) is 5.70 Å². The van der Waals surface area contributed by atoms with Crippen molar-refractivity contribution < 1.29 is 13.9 Å². The summed E-state index contributed by atoms with van der Waals surface area (Å²) in [6, 6.07) is 23.5. The molecule has 1 heterocycles. The minimum absolute atomic E-state index is 0.193. The van der Waals surface area contributed by atoms with Crippen LogP contribution in [0.15, 0.2) is 89.6 Å². The van der Waals surface area contributed by atoms with Crippen molar-refractivity contribution in [2.24, 2.45) is 4.99 Å². The fourth-order valence-corrected chi connectivity index (χ4v) is 2.69. The maximum Gasteiger partial charge on any atom is 0.363 e. The Hall–Kier alpha value is -3.53. The molecule has 26 heavy (non-hydrogen) atoms. The number of benzene rings is 3. The Bertz CT molecular complexity index is 1000. The number of ether oxygens (including phenoxy) is 1. The van der Waals surface area contributed by atoms with Crippen LogP contribution in [0.5, 0.6) is 0 Å². The first-order valence-corrected chi connectivity index (χ1v) is 8.13. The van der Waals surface area contributed by atoms with E-state index in [0.29, 0.717) is 5.56 Å². The van der Waals surface area contributed by atoms with Crippen molar-refractivity contribution in [2.45, 2.75) is 0 Å². The molecule has 0 radical (unpaired) electrons. The van der Waals surface area contributed by atoms with Crippen LogP contribution in [0.4, 0.5) is 4.39 Å². The number of esters is 1. The van der Waals surface area contributed by atoms with E-state index in [4.69, 9.17) is 4.74 Å².